The van der Waals surface area contributed by atoms with Crippen molar-refractivity contribution < 1.29 is 9.30 Å². The van der Waals surface area contributed by atoms with Crippen molar-refractivity contribution in [1.29, 1.82) is 0 Å². The predicted octanol–water partition coefficient (Wildman–Crippen LogP) is 5.78. The van der Waals surface area contributed by atoms with Crippen LogP contribution in [0, 0.1) is 0 Å². The minimum absolute atomic E-state index is 0.376. The molecule has 1 saturated heterocycles. The first kappa shape index (κ1) is 24.1. The van der Waals surface area contributed by atoms with Crippen LogP contribution in [-0.4, -0.2) is 47.9 Å². The molecule has 2 N–H and O–H groups in total. The Hall–Kier alpha value is -2.60. The molecule has 0 radical (unpaired) electrons. The third-order valence-corrected chi connectivity index (χ3v) is 8.65. The van der Waals surface area contributed by atoms with Crippen molar-refractivity contribution >= 4 is 47.2 Å². The van der Waals surface area contributed by atoms with Crippen LogP contribution < -0.4 is 20.7 Å². The number of halogens is 1. The van der Waals surface area contributed by atoms with E-state index in [4.69, 9.17) is 16.3 Å². The van der Waals surface area contributed by atoms with Crippen molar-refractivity contribution in [1.82, 2.24) is 14.9 Å². The molecule has 1 unspecified atom stereocenters. The summed E-state index contributed by atoms with van der Waals surface area (Å²) in [7, 11) is -0.809. The van der Waals surface area contributed by atoms with Gasteiger partial charge in [-0.15, -0.1) is 0 Å². The van der Waals surface area contributed by atoms with E-state index in [1.54, 1.807) is 26.6 Å². The average Bonchev–Trinajstić information content (AvgIpc) is 2.84. The number of benzene rings is 2. The first-order chi connectivity index (χ1) is 16.8. The van der Waals surface area contributed by atoms with Crippen LogP contribution in [-0.2, 0) is 17.5 Å². The van der Waals surface area contributed by atoms with Gasteiger partial charge in [0.1, 0.15) is 17.9 Å². The Balaban J connectivity index is 1.43. The zero-order valence-electron chi connectivity index (χ0n) is 20.3. The van der Waals surface area contributed by atoms with Gasteiger partial charge in [0, 0.05) is 17.9 Å². The van der Waals surface area contributed by atoms with E-state index in [0.29, 0.717) is 22.8 Å². The van der Waals surface area contributed by atoms with E-state index in [1.165, 1.54) is 30.4 Å². The quantitative estimate of drug-likeness (QED) is 0.406. The molecule has 2 aliphatic heterocycles. The number of methoxy groups -OCH3 is 1. The second-order valence-corrected chi connectivity index (χ2v) is 13.2. The topological polar surface area (TPSA) is 79.4 Å². The van der Waals surface area contributed by atoms with Crippen LogP contribution in [0.5, 0.6) is 5.75 Å². The highest BCUT2D eigenvalue weighted by Gasteiger charge is 2.29. The van der Waals surface area contributed by atoms with Crippen LogP contribution in [0.1, 0.15) is 30.4 Å². The minimum Gasteiger partial charge on any atom is -0.495 e. The largest absolute Gasteiger partial charge is 0.495 e. The van der Waals surface area contributed by atoms with Crippen molar-refractivity contribution in [2.45, 2.75) is 38.3 Å². The number of para-hydroxylation sites is 1. The molecular formula is C26H31ClN5O2P. The maximum Gasteiger partial charge on any atom is 0.229 e. The summed E-state index contributed by atoms with van der Waals surface area (Å²) in [5.41, 5.74) is 4.21. The molecule has 184 valence electrons. The van der Waals surface area contributed by atoms with Gasteiger partial charge in [-0.1, -0.05) is 30.2 Å². The molecule has 0 aliphatic carbocycles. The van der Waals surface area contributed by atoms with Gasteiger partial charge < -0.3 is 19.9 Å². The van der Waals surface area contributed by atoms with E-state index in [9.17, 15) is 4.57 Å². The Bertz CT molecular complexity index is 1290. The number of hydrogen-bond acceptors (Lipinski definition) is 7. The lowest BCUT2D eigenvalue weighted by Gasteiger charge is -2.40. The molecule has 7 nitrogen and oxygen atoms in total. The first-order valence-electron chi connectivity index (χ1n) is 12.0. The Morgan fingerprint density at radius 3 is 2.74 bits per heavy atom. The summed E-state index contributed by atoms with van der Waals surface area (Å²) < 4.78 is 18.5. The smallest absolute Gasteiger partial charge is 0.229 e. The normalized spacial score (nSPS) is 17.9. The highest BCUT2D eigenvalue weighted by atomic mass is 35.5. The highest BCUT2D eigenvalue weighted by Crippen LogP contribution is 2.39. The van der Waals surface area contributed by atoms with Gasteiger partial charge in [-0.25, -0.2) is 4.98 Å². The summed E-state index contributed by atoms with van der Waals surface area (Å²) in [5, 5.41) is 7.70. The molecule has 1 fully saturated rings. The van der Waals surface area contributed by atoms with Gasteiger partial charge in [-0.3, -0.25) is 4.90 Å². The number of aromatic nitrogens is 2. The molecule has 2 aromatic carbocycles. The summed E-state index contributed by atoms with van der Waals surface area (Å²) in [4.78, 5) is 11.6. The molecule has 2 aliphatic rings. The molecule has 35 heavy (non-hydrogen) atoms. The van der Waals surface area contributed by atoms with Crippen LogP contribution in [0.4, 0.5) is 23.1 Å². The van der Waals surface area contributed by atoms with Crippen molar-refractivity contribution in [2.24, 2.45) is 0 Å². The zero-order valence-corrected chi connectivity index (χ0v) is 22.0. The van der Waals surface area contributed by atoms with E-state index < -0.39 is 7.14 Å². The second-order valence-electron chi connectivity index (χ2n) is 9.65. The number of anilines is 4. The van der Waals surface area contributed by atoms with Gasteiger partial charge in [0.05, 0.1) is 24.7 Å². The van der Waals surface area contributed by atoms with Crippen molar-refractivity contribution in [3.05, 3.63) is 58.7 Å². The number of rotatable bonds is 6. The van der Waals surface area contributed by atoms with Crippen LogP contribution in [0.3, 0.4) is 0 Å². The minimum atomic E-state index is -2.49. The maximum absolute atomic E-state index is 12.8. The fraction of sp³-hybridized carbons (Fsp3) is 0.385. The summed E-state index contributed by atoms with van der Waals surface area (Å²) in [6.45, 7) is 5.61. The van der Waals surface area contributed by atoms with E-state index in [0.717, 1.165) is 41.9 Å². The number of ether oxygens (including phenoxy) is 1. The lowest BCUT2D eigenvalue weighted by molar-refractivity contribution is 0.127. The second kappa shape index (κ2) is 9.81. The van der Waals surface area contributed by atoms with Gasteiger partial charge in [0.2, 0.25) is 5.95 Å². The van der Waals surface area contributed by atoms with Crippen LogP contribution >= 0.6 is 18.7 Å². The first-order valence-corrected chi connectivity index (χ1v) is 14.9. The number of nitrogens with zero attached hydrogens (tertiary/aromatic N) is 3. The van der Waals surface area contributed by atoms with Crippen molar-refractivity contribution in [3.63, 3.8) is 0 Å². The molecule has 0 spiro atoms. The highest BCUT2D eigenvalue weighted by molar-refractivity contribution is 7.70. The van der Waals surface area contributed by atoms with Gasteiger partial charge in [0.15, 0.2) is 5.82 Å². The number of fused-ring (bicyclic) bond motifs is 2. The average molecular weight is 512 g/mol. The Morgan fingerprint density at radius 1 is 1.11 bits per heavy atom. The van der Waals surface area contributed by atoms with Crippen LogP contribution in [0.25, 0.3) is 0 Å². The fourth-order valence-corrected chi connectivity index (χ4v) is 6.35. The van der Waals surface area contributed by atoms with Crippen molar-refractivity contribution in [3.8, 4) is 5.75 Å². The maximum atomic E-state index is 12.8. The van der Waals surface area contributed by atoms with E-state index >= 15 is 0 Å². The lowest BCUT2D eigenvalue weighted by atomic mass is 9.88. The molecule has 9 heteroatoms. The Labute approximate surface area is 211 Å². The molecule has 5 rings (SSSR count). The molecule has 1 aromatic heterocycles. The monoisotopic (exact) mass is 511 g/mol. The summed E-state index contributed by atoms with van der Waals surface area (Å²) in [6, 6.07) is 12.4. The summed E-state index contributed by atoms with van der Waals surface area (Å²) >= 11 is 6.42. The standard InChI is InChI=1S/C26H31ClN5O2P/c1-34-23-14-17-12-19-8-6-7-11-32(19)16-18(17)13-22(23)30-26-28-15-20(27)25(31-26)29-21-9-4-5-10-24(21)35(2,3)33/h4-5,9-10,13-15,19H,6-8,11-12,16H2,1-3H3,(H2,28,29,30,31). The van der Waals surface area contributed by atoms with Gasteiger partial charge in [-0.2, -0.15) is 4.98 Å². The van der Waals surface area contributed by atoms with E-state index in [-0.39, 0.29) is 0 Å². The zero-order chi connectivity index (χ0) is 24.6. The SMILES string of the molecule is COc1cc2c(cc1Nc1ncc(Cl)c(Nc3ccccc3P(C)(C)=O)n1)CN1CCCCC1C2. The van der Waals surface area contributed by atoms with Gasteiger partial charge in [0.25, 0.3) is 0 Å². The van der Waals surface area contributed by atoms with Crippen LogP contribution in [0.15, 0.2) is 42.6 Å². The summed E-state index contributed by atoms with van der Waals surface area (Å²) in [6.07, 6.45) is 6.48. The number of piperidine rings is 1. The molecule has 0 bridgehead atoms. The Morgan fingerprint density at radius 2 is 1.94 bits per heavy atom. The molecule has 0 saturated carbocycles. The van der Waals surface area contributed by atoms with Crippen molar-refractivity contribution in [2.75, 3.05) is 37.6 Å². The third-order valence-electron chi connectivity index (χ3n) is 6.83. The molecule has 1 atom stereocenters. The van der Waals surface area contributed by atoms with Gasteiger partial charge >= 0.3 is 0 Å². The molecule has 3 aromatic rings. The van der Waals surface area contributed by atoms with E-state index in [2.05, 4.69) is 37.6 Å². The molecule has 0 amide bonds. The van der Waals surface area contributed by atoms with Crippen LogP contribution in [0.2, 0.25) is 5.02 Å². The lowest BCUT2D eigenvalue weighted by Crippen LogP contribution is -2.43. The summed E-state index contributed by atoms with van der Waals surface area (Å²) in [5.74, 6) is 1.61. The predicted molar refractivity (Wildman–Crippen MR) is 144 cm³/mol. The van der Waals surface area contributed by atoms with E-state index in [1.807, 2.05) is 24.3 Å². The molecular weight excluding hydrogens is 481 g/mol. The fourth-order valence-electron chi connectivity index (χ4n) is 5.05. The van der Waals surface area contributed by atoms with Gasteiger partial charge in [-0.05, 0) is 74.5 Å². The number of nitrogens with one attached hydrogen (secondary N) is 2. The Kier molecular flexibility index (Phi) is 6.75. The number of hydrogen-bond donors (Lipinski definition) is 2. The third kappa shape index (κ3) is 5.18. The molecule has 3 heterocycles.